The molecule has 1 aliphatic heterocycles. The highest BCUT2D eigenvalue weighted by molar-refractivity contribution is 7.14. The predicted molar refractivity (Wildman–Crippen MR) is 130 cm³/mol. The summed E-state index contributed by atoms with van der Waals surface area (Å²) >= 11 is 1.58. The molecule has 0 atom stereocenters. The fourth-order valence-electron chi connectivity index (χ4n) is 4.04. The molecule has 32 heavy (non-hydrogen) atoms. The standard InChI is InChI=1S/C25H25N5OS/c1-17-27-28-25(32-17)19-6-7-20-16-26-22(13-21(20)12-19)15-24(31)18-4-3-5-23(14-18)30-10-8-29(2)9-11-30/h3-7,12-14,16H,8-11,15H2,1-2H3. The summed E-state index contributed by atoms with van der Waals surface area (Å²) < 4.78 is 0. The van der Waals surface area contributed by atoms with Crippen molar-refractivity contribution < 1.29 is 4.79 Å². The number of aryl methyl sites for hydroxylation is 1. The zero-order valence-electron chi connectivity index (χ0n) is 18.3. The minimum Gasteiger partial charge on any atom is -0.369 e. The number of anilines is 1. The number of ketones is 1. The van der Waals surface area contributed by atoms with Crippen molar-refractivity contribution in [2.24, 2.45) is 0 Å². The van der Waals surface area contributed by atoms with Gasteiger partial charge in [-0.25, -0.2) is 0 Å². The van der Waals surface area contributed by atoms with Crippen molar-refractivity contribution in [1.82, 2.24) is 20.1 Å². The van der Waals surface area contributed by atoms with Crippen LogP contribution in [0.15, 0.2) is 54.7 Å². The van der Waals surface area contributed by atoms with E-state index in [2.05, 4.69) is 44.2 Å². The van der Waals surface area contributed by atoms with Crippen LogP contribution in [0.25, 0.3) is 21.3 Å². The van der Waals surface area contributed by atoms with Crippen LogP contribution >= 0.6 is 11.3 Å². The Morgan fingerprint density at radius 3 is 2.62 bits per heavy atom. The first-order valence-corrected chi connectivity index (χ1v) is 11.6. The van der Waals surface area contributed by atoms with Crippen LogP contribution in [0, 0.1) is 6.92 Å². The molecule has 4 aromatic rings. The van der Waals surface area contributed by atoms with Gasteiger partial charge in [-0.2, -0.15) is 0 Å². The Morgan fingerprint density at radius 2 is 1.84 bits per heavy atom. The lowest BCUT2D eigenvalue weighted by molar-refractivity contribution is 0.0992. The van der Waals surface area contributed by atoms with E-state index in [0.29, 0.717) is 0 Å². The van der Waals surface area contributed by atoms with Gasteiger partial charge in [0.2, 0.25) is 0 Å². The maximum absolute atomic E-state index is 13.0. The topological polar surface area (TPSA) is 62.2 Å². The van der Waals surface area contributed by atoms with Crippen LogP contribution in [-0.2, 0) is 6.42 Å². The van der Waals surface area contributed by atoms with Gasteiger partial charge in [-0.3, -0.25) is 9.78 Å². The Kier molecular flexibility index (Phi) is 5.68. The second-order valence-corrected chi connectivity index (χ2v) is 9.49. The highest BCUT2D eigenvalue weighted by Gasteiger charge is 2.16. The van der Waals surface area contributed by atoms with Crippen LogP contribution < -0.4 is 4.90 Å². The molecule has 2 aromatic heterocycles. The number of hydrogen-bond acceptors (Lipinski definition) is 7. The highest BCUT2D eigenvalue weighted by atomic mass is 32.1. The molecule has 5 rings (SSSR count). The third-order valence-electron chi connectivity index (χ3n) is 5.93. The van der Waals surface area contributed by atoms with E-state index in [-0.39, 0.29) is 12.2 Å². The summed E-state index contributed by atoms with van der Waals surface area (Å²) in [6.07, 6.45) is 2.12. The number of carbonyl (C=O) groups is 1. The minimum atomic E-state index is 0.0868. The smallest absolute Gasteiger partial charge is 0.168 e. The molecule has 162 valence electrons. The predicted octanol–water partition coefficient (Wildman–Crippen LogP) is 4.24. The number of piperazine rings is 1. The summed E-state index contributed by atoms with van der Waals surface area (Å²) in [4.78, 5) is 22.3. The number of hydrogen-bond donors (Lipinski definition) is 0. The maximum atomic E-state index is 13.0. The van der Waals surface area contributed by atoms with E-state index in [1.807, 2.05) is 49.5 Å². The minimum absolute atomic E-state index is 0.0868. The first-order valence-electron chi connectivity index (χ1n) is 10.8. The van der Waals surface area contributed by atoms with Gasteiger partial charge in [0.15, 0.2) is 5.78 Å². The molecule has 0 unspecified atom stereocenters. The van der Waals surface area contributed by atoms with E-state index in [9.17, 15) is 4.79 Å². The largest absolute Gasteiger partial charge is 0.369 e. The Labute approximate surface area is 191 Å². The van der Waals surface area contributed by atoms with Crippen LogP contribution in [0.1, 0.15) is 21.1 Å². The van der Waals surface area contributed by atoms with Gasteiger partial charge in [-0.1, -0.05) is 35.6 Å². The molecule has 6 nitrogen and oxygen atoms in total. The second kappa shape index (κ2) is 8.76. The third kappa shape index (κ3) is 4.40. The van der Waals surface area contributed by atoms with E-state index in [0.717, 1.165) is 69.5 Å². The number of Topliss-reactive ketones (excluding diaryl/α,β-unsaturated/α-hetero) is 1. The summed E-state index contributed by atoms with van der Waals surface area (Å²) in [5.74, 6) is 0.0868. The van der Waals surface area contributed by atoms with E-state index < -0.39 is 0 Å². The molecule has 0 radical (unpaired) electrons. The molecule has 0 N–H and O–H groups in total. The van der Waals surface area contributed by atoms with Crippen molar-refractivity contribution in [1.29, 1.82) is 0 Å². The number of pyridine rings is 1. The van der Waals surface area contributed by atoms with Crippen molar-refractivity contribution in [3.8, 4) is 10.6 Å². The maximum Gasteiger partial charge on any atom is 0.168 e. The molecule has 1 aliphatic rings. The van der Waals surface area contributed by atoms with Crippen LogP contribution in [0.2, 0.25) is 0 Å². The van der Waals surface area contributed by atoms with Gasteiger partial charge >= 0.3 is 0 Å². The number of fused-ring (bicyclic) bond motifs is 1. The third-order valence-corrected chi connectivity index (χ3v) is 6.82. The van der Waals surface area contributed by atoms with Gasteiger partial charge < -0.3 is 9.80 Å². The molecular formula is C25H25N5OS. The SMILES string of the molecule is Cc1nnc(-c2ccc3cnc(CC(=O)c4cccc(N5CCN(C)CC5)c4)cc3c2)s1. The van der Waals surface area contributed by atoms with E-state index in [1.54, 1.807) is 11.3 Å². The average Bonchev–Trinajstić information content (AvgIpc) is 3.25. The lowest BCUT2D eigenvalue weighted by Gasteiger charge is -2.34. The number of aromatic nitrogens is 3. The highest BCUT2D eigenvalue weighted by Crippen LogP contribution is 2.27. The van der Waals surface area contributed by atoms with E-state index in [1.165, 1.54) is 0 Å². The van der Waals surface area contributed by atoms with Crippen molar-refractivity contribution in [2.75, 3.05) is 38.1 Å². The lowest BCUT2D eigenvalue weighted by Crippen LogP contribution is -2.44. The van der Waals surface area contributed by atoms with Crippen molar-refractivity contribution in [2.45, 2.75) is 13.3 Å². The van der Waals surface area contributed by atoms with Crippen LogP contribution in [0.5, 0.6) is 0 Å². The fraction of sp³-hybridized carbons (Fsp3) is 0.280. The Balaban J connectivity index is 1.36. The van der Waals surface area contributed by atoms with Gasteiger partial charge in [0, 0.05) is 60.3 Å². The van der Waals surface area contributed by atoms with E-state index in [4.69, 9.17) is 0 Å². The molecule has 0 amide bonds. The van der Waals surface area contributed by atoms with Crippen molar-refractivity contribution in [3.05, 3.63) is 71.0 Å². The molecule has 1 saturated heterocycles. The molecule has 0 spiro atoms. The summed E-state index contributed by atoms with van der Waals surface area (Å²) in [5.41, 5.74) is 3.67. The monoisotopic (exact) mass is 443 g/mol. The fourth-order valence-corrected chi connectivity index (χ4v) is 4.72. The molecule has 0 aliphatic carbocycles. The number of carbonyl (C=O) groups excluding carboxylic acids is 1. The summed E-state index contributed by atoms with van der Waals surface area (Å²) in [5, 5.41) is 12.3. The van der Waals surface area contributed by atoms with Crippen molar-refractivity contribution in [3.63, 3.8) is 0 Å². The van der Waals surface area contributed by atoms with Gasteiger partial charge in [-0.15, -0.1) is 10.2 Å². The zero-order valence-corrected chi connectivity index (χ0v) is 19.1. The normalized spacial score (nSPS) is 14.8. The Hall–Kier alpha value is -3.16. The van der Waals surface area contributed by atoms with Gasteiger partial charge in [-0.05, 0) is 43.6 Å². The summed E-state index contributed by atoms with van der Waals surface area (Å²) in [6, 6.07) is 16.2. The average molecular weight is 444 g/mol. The molecular weight excluding hydrogens is 418 g/mol. The molecule has 0 bridgehead atoms. The van der Waals surface area contributed by atoms with Crippen LogP contribution in [-0.4, -0.2) is 59.1 Å². The summed E-state index contributed by atoms with van der Waals surface area (Å²) in [6.45, 7) is 6.00. The zero-order chi connectivity index (χ0) is 22.1. The van der Waals surface area contributed by atoms with Crippen LogP contribution in [0.4, 0.5) is 5.69 Å². The quantitative estimate of drug-likeness (QED) is 0.430. The Bertz CT molecular complexity index is 1280. The number of rotatable bonds is 5. The molecule has 1 fully saturated rings. The van der Waals surface area contributed by atoms with Gasteiger partial charge in [0.05, 0.1) is 6.42 Å². The van der Waals surface area contributed by atoms with Crippen molar-refractivity contribution >= 4 is 33.6 Å². The first kappa shape index (κ1) is 20.7. The molecule has 7 heteroatoms. The second-order valence-electron chi connectivity index (χ2n) is 8.30. The first-order chi connectivity index (χ1) is 15.5. The van der Waals surface area contributed by atoms with Crippen LogP contribution in [0.3, 0.4) is 0 Å². The molecule has 0 saturated carbocycles. The van der Waals surface area contributed by atoms with Gasteiger partial charge in [0.1, 0.15) is 10.0 Å². The molecule has 3 heterocycles. The summed E-state index contributed by atoms with van der Waals surface area (Å²) in [7, 11) is 2.14. The Morgan fingerprint density at radius 1 is 1.00 bits per heavy atom. The van der Waals surface area contributed by atoms with E-state index >= 15 is 0 Å². The lowest BCUT2D eigenvalue weighted by atomic mass is 10.0. The number of nitrogens with zero attached hydrogens (tertiary/aromatic N) is 5. The number of benzene rings is 2. The molecule has 2 aromatic carbocycles. The van der Waals surface area contributed by atoms with Gasteiger partial charge in [0.25, 0.3) is 0 Å². The number of likely N-dealkylation sites (N-methyl/N-ethyl adjacent to an activating group) is 1.